The van der Waals surface area contributed by atoms with Crippen molar-refractivity contribution < 1.29 is 4.74 Å². The molecule has 2 aliphatic rings. The predicted molar refractivity (Wildman–Crippen MR) is 111 cm³/mol. The molecule has 0 bridgehead atoms. The number of hydrogen-bond donors (Lipinski definition) is 0. The standard InChI is InChI=1S/C24H39NO/c1-7-17(2)24(5,6)22-11-8-20(9-12-22)21-10-13-23(14-21)25-15-18(3)26-19(4)16-25/h8-9,11-12,17-19,21,23H,7,10,13-16H2,1-6H3/t17?,18-,19+,21-,23+/m0/s1. The van der Waals surface area contributed by atoms with Crippen LogP contribution in [0, 0.1) is 5.92 Å². The second-order valence-corrected chi connectivity index (χ2v) is 9.53. The summed E-state index contributed by atoms with van der Waals surface area (Å²) in [5.41, 5.74) is 3.29. The molecule has 1 saturated heterocycles. The first-order valence-electron chi connectivity index (χ1n) is 10.8. The van der Waals surface area contributed by atoms with Crippen molar-refractivity contribution >= 4 is 0 Å². The molecule has 0 amide bonds. The zero-order valence-electron chi connectivity index (χ0n) is 17.8. The highest BCUT2D eigenvalue weighted by Crippen LogP contribution is 2.39. The van der Waals surface area contributed by atoms with Gasteiger partial charge in [0, 0.05) is 19.1 Å². The van der Waals surface area contributed by atoms with Gasteiger partial charge < -0.3 is 4.74 Å². The Morgan fingerprint density at radius 2 is 1.69 bits per heavy atom. The third-order valence-electron chi connectivity index (χ3n) is 7.34. The molecule has 0 spiro atoms. The minimum Gasteiger partial charge on any atom is -0.373 e. The Kier molecular flexibility index (Phi) is 6.14. The first kappa shape index (κ1) is 19.9. The van der Waals surface area contributed by atoms with E-state index in [0.29, 0.717) is 18.1 Å². The first-order chi connectivity index (χ1) is 12.3. The Morgan fingerprint density at radius 3 is 2.27 bits per heavy atom. The van der Waals surface area contributed by atoms with Gasteiger partial charge in [-0.2, -0.15) is 0 Å². The van der Waals surface area contributed by atoms with Crippen LogP contribution in [0.5, 0.6) is 0 Å². The maximum absolute atomic E-state index is 5.92. The largest absolute Gasteiger partial charge is 0.373 e. The summed E-state index contributed by atoms with van der Waals surface area (Å²) >= 11 is 0. The summed E-state index contributed by atoms with van der Waals surface area (Å²) in [6.45, 7) is 16.1. The number of rotatable bonds is 5. The number of nitrogens with zero attached hydrogens (tertiary/aromatic N) is 1. The fourth-order valence-electron chi connectivity index (χ4n) is 5.09. The van der Waals surface area contributed by atoms with E-state index in [-0.39, 0.29) is 5.41 Å². The second kappa shape index (κ2) is 8.02. The zero-order valence-corrected chi connectivity index (χ0v) is 17.8. The molecule has 1 aliphatic heterocycles. The average Bonchev–Trinajstić information content (AvgIpc) is 3.10. The topological polar surface area (TPSA) is 12.5 Å². The lowest BCUT2D eigenvalue weighted by Gasteiger charge is -2.39. The molecule has 1 saturated carbocycles. The zero-order chi connectivity index (χ0) is 18.9. The first-order valence-corrected chi connectivity index (χ1v) is 10.8. The maximum Gasteiger partial charge on any atom is 0.0678 e. The summed E-state index contributed by atoms with van der Waals surface area (Å²) in [6, 6.07) is 10.4. The summed E-state index contributed by atoms with van der Waals surface area (Å²) in [5.74, 6) is 1.43. The van der Waals surface area contributed by atoms with E-state index in [1.807, 2.05) is 0 Å². The Bertz CT molecular complexity index is 568. The molecule has 1 aromatic rings. The monoisotopic (exact) mass is 357 g/mol. The van der Waals surface area contributed by atoms with Gasteiger partial charge in [-0.1, -0.05) is 58.4 Å². The van der Waals surface area contributed by atoms with E-state index in [0.717, 1.165) is 25.0 Å². The molecule has 1 unspecified atom stereocenters. The Labute approximate surface area is 161 Å². The van der Waals surface area contributed by atoms with Gasteiger partial charge in [-0.25, -0.2) is 0 Å². The molecular formula is C24H39NO. The molecule has 3 rings (SSSR count). The quantitative estimate of drug-likeness (QED) is 0.664. The Morgan fingerprint density at radius 1 is 1.08 bits per heavy atom. The predicted octanol–water partition coefficient (Wildman–Crippen LogP) is 5.76. The molecule has 1 heterocycles. The lowest BCUT2D eigenvalue weighted by atomic mass is 9.73. The average molecular weight is 358 g/mol. The van der Waals surface area contributed by atoms with Gasteiger partial charge in [0.05, 0.1) is 12.2 Å². The summed E-state index contributed by atoms with van der Waals surface area (Å²) in [7, 11) is 0. The SMILES string of the molecule is CCC(C)C(C)(C)c1ccc([C@H]2CC[C@@H](N3C[C@@H](C)O[C@@H](C)C3)C2)cc1. The van der Waals surface area contributed by atoms with Crippen molar-refractivity contribution in [1.29, 1.82) is 0 Å². The fraction of sp³-hybridized carbons (Fsp3) is 0.750. The van der Waals surface area contributed by atoms with Gasteiger partial charge in [-0.3, -0.25) is 4.90 Å². The molecule has 2 fully saturated rings. The lowest BCUT2D eigenvalue weighted by Crippen LogP contribution is -2.49. The van der Waals surface area contributed by atoms with E-state index in [1.165, 1.54) is 31.2 Å². The molecule has 1 aliphatic carbocycles. The molecule has 0 aromatic heterocycles. The second-order valence-electron chi connectivity index (χ2n) is 9.53. The van der Waals surface area contributed by atoms with Crippen LogP contribution in [-0.4, -0.2) is 36.2 Å². The van der Waals surface area contributed by atoms with Gasteiger partial charge in [0.15, 0.2) is 0 Å². The summed E-state index contributed by atoms with van der Waals surface area (Å²) in [4.78, 5) is 2.69. The minimum absolute atomic E-state index is 0.256. The number of morpholine rings is 1. The van der Waals surface area contributed by atoms with Crippen molar-refractivity contribution in [1.82, 2.24) is 4.90 Å². The third kappa shape index (κ3) is 4.17. The van der Waals surface area contributed by atoms with Gasteiger partial charge in [-0.15, -0.1) is 0 Å². The Balaban J connectivity index is 1.64. The Hall–Kier alpha value is -0.860. The van der Waals surface area contributed by atoms with Crippen molar-refractivity contribution in [2.24, 2.45) is 5.92 Å². The van der Waals surface area contributed by atoms with Crippen molar-refractivity contribution in [2.75, 3.05) is 13.1 Å². The van der Waals surface area contributed by atoms with E-state index in [9.17, 15) is 0 Å². The highest BCUT2D eigenvalue weighted by atomic mass is 16.5. The number of hydrogen-bond acceptors (Lipinski definition) is 2. The summed E-state index contributed by atoms with van der Waals surface area (Å²) in [5, 5.41) is 0. The summed E-state index contributed by atoms with van der Waals surface area (Å²) < 4.78 is 5.92. The molecule has 26 heavy (non-hydrogen) atoms. The molecule has 0 N–H and O–H groups in total. The van der Waals surface area contributed by atoms with Crippen LogP contribution in [0.3, 0.4) is 0 Å². The van der Waals surface area contributed by atoms with Crippen LogP contribution in [0.2, 0.25) is 0 Å². The van der Waals surface area contributed by atoms with Gasteiger partial charge in [-0.05, 0) is 61.5 Å². The van der Waals surface area contributed by atoms with Gasteiger partial charge in [0.25, 0.3) is 0 Å². The molecule has 146 valence electrons. The van der Waals surface area contributed by atoms with E-state index in [2.05, 4.69) is 70.7 Å². The molecule has 2 nitrogen and oxygen atoms in total. The van der Waals surface area contributed by atoms with Crippen LogP contribution in [0.1, 0.15) is 84.3 Å². The van der Waals surface area contributed by atoms with Crippen molar-refractivity contribution in [3.63, 3.8) is 0 Å². The van der Waals surface area contributed by atoms with E-state index < -0.39 is 0 Å². The normalized spacial score (nSPS) is 31.9. The molecule has 5 atom stereocenters. The van der Waals surface area contributed by atoms with E-state index in [4.69, 9.17) is 4.74 Å². The van der Waals surface area contributed by atoms with Crippen LogP contribution in [0.4, 0.5) is 0 Å². The molecule has 1 aromatic carbocycles. The van der Waals surface area contributed by atoms with Gasteiger partial charge >= 0.3 is 0 Å². The van der Waals surface area contributed by atoms with Crippen molar-refractivity contribution in [2.45, 2.75) is 96.8 Å². The van der Waals surface area contributed by atoms with Gasteiger partial charge in [0.2, 0.25) is 0 Å². The number of ether oxygens (including phenoxy) is 1. The van der Waals surface area contributed by atoms with E-state index >= 15 is 0 Å². The molecule has 0 radical (unpaired) electrons. The van der Waals surface area contributed by atoms with Crippen LogP contribution in [0.15, 0.2) is 24.3 Å². The van der Waals surface area contributed by atoms with Crippen LogP contribution >= 0.6 is 0 Å². The minimum atomic E-state index is 0.256. The fourth-order valence-corrected chi connectivity index (χ4v) is 5.09. The van der Waals surface area contributed by atoms with Crippen molar-refractivity contribution in [3.8, 4) is 0 Å². The lowest BCUT2D eigenvalue weighted by molar-refractivity contribution is -0.0796. The van der Waals surface area contributed by atoms with E-state index in [1.54, 1.807) is 5.56 Å². The van der Waals surface area contributed by atoms with Crippen LogP contribution < -0.4 is 0 Å². The third-order valence-corrected chi connectivity index (χ3v) is 7.34. The molecular weight excluding hydrogens is 318 g/mol. The molecule has 2 heteroatoms. The maximum atomic E-state index is 5.92. The highest BCUT2D eigenvalue weighted by Gasteiger charge is 2.34. The number of benzene rings is 1. The smallest absolute Gasteiger partial charge is 0.0678 e. The van der Waals surface area contributed by atoms with Crippen LogP contribution in [-0.2, 0) is 10.2 Å². The highest BCUT2D eigenvalue weighted by molar-refractivity contribution is 5.31. The summed E-state index contributed by atoms with van der Waals surface area (Å²) in [6.07, 6.45) is 5.96. The van der Waals surface area contributed by atoms with Crippen molar-refractivity contribution in [3.05, 3.63) is 35.4 Å². The van der Waals surface area contributed by atoms with Gasteiger partial charge in [0.1, 0.15) is 0 Å². The van der Waals surface area contributed by atoms with Crippen LogP contribution in [0.25, 0.3) is 0 Å².